The highest BCUT2D eigenvalue weighted by atomic mass is 16.5. The molecule has 1 aliphatic heterocycles. The number of rotatable bonds is 9. The van der Waals surface area contributed by atoms with Gasteiger partial charge in [-0.05, 0) is 49.5 Å². The lowest BCUT2D eigenvalue weighted by Crippen LogP contribution is -2.26. The summed E-state index contributed by atoms with van der Waals surface area (Å²) < 4.78 is 5.91. The highest BCUT2D eigenvalue weighted by molar-refractivity contribution is 5.28. The second-order valence-electron chi connectivity index (χ2n) is 6.02. The van der Waals surface area contributed by atoms with E-state index in [-0.39, 0.29) is 0 Å². The number of ether oxygens (including phenoxy) is 1. The van der Waals surface area contributed by atoms with E-state index in [1.54, 1.807) is 0 Å². The van der Waals surface area contributed by atoms with Crippen molar-refractivity contribution < 1.29 is 4.74 Å². The van der Waals surface area contributed by atoms with Crippen LogP contribution < -0.4 is 10.1 Å². The molecule has 0 aromatic heterocycles. The molecule has 3 nitrogen and oxygen atoms in total. The van der Waals surface area contributed by atoms with Crippen molar-refractivity contribution in [1.82, 2.24) is 10.2 Å². The molecule has 0 saturated carbocycles. The van der Waals surface area contributed by atoms with Crippen LogP contribution >= 0.6 is 0 Å². The van der Waals surface area contributed by atoms with E-state index in [0.717, 1.165) is 37.9 Å². The molecule has 0 spiro atoms. The van der Waals surface area contributed by atoms with Crippen LogP contribution in [-0.2, 0) is 6.54 Å². The van der Waals surface area contributed by atoms with E-state index in [0.29, 0.717) is 0 Å². The van der Waals surface area contributed by atoms with Crippen LogP contribution in [0.4, 0.5) is 0 Å². The molecule has 3 heteroatoms. The number of nitrogens with one attached hydrogen (secondary N) is 1. The van der Waals surface area contributed by atoms with E-state index in [2.05, 4.69) is 48.3 Å². The summed E-state index contributed by atoms with van der Waals surface area (Å²) in [6, 6.07) is 8.42. The minimum Gasteiger partial charge on any atom is -0.492 e. The van der Waals surface area contributed by atoms with Crippen molar-refractivity contribution >= 4 is 0 Å². The van der Waals surface area contributed by atoms with E-state index >= 15 is 0 Å². The Morgan fingerprint density at radius 3 is 3.05 bits per heavy atom. The number of likely N-dealkylation sites (tertiary alicyclic amines) is 1. The Balaban J connectivity index is 1.69. The molecule has 1 fully saturated rings. The highest BCUT2D eigenvalue weighted by Gasteiger charge is 2.20. The van der Waals surface area contributed by atoms with Gasteiger partial charge in [-0.15, -0.1) is 0 Å². The molecular weight excluding hydrogens is 260 g/mol. The van der Waals surface area contributed by atoms with Crippen LogP contribution in [-0.4, -0.2) is 37.7 Å². The fourth-order valence-corrected chi connectivity index (χ4v) is 3.07. The smallest absolute Gasteiger partial charge is 0.119 e. The van der Waals surface area contributed by atoms with Crippen molar-refractivity contribution in [3.05, 3.63) is 29.8 Å². The predicted octanol–water partition coefficient (Wildman–Crippen LogP) is 3.30. The number of nitrogens with zero attached hydrogens (tertiary/aromatic N) is 1. The summed E-state index contributed by atoms with van der Waals surface area (Å²) in [5.41, 5.74) is 1.29. The van der Waals surface area contributed by atoms with Crippen LogP contribution in [0, 0.1) is 5.92 Å². The molecule has 1 N–H and O–H groups in total. The topological polar surface area (TPSA) is 24.5 Å². The molecule has 0 radical (unpaired) electrons. The lowest BCUT2D eigenvalue weighted by molar-refractivity contribution is 0.231. The first kappa shape index (κ1) is 16.3. The summed E-state index contributed by atoms with van der Waals surface area (Å²) in [7, 11) is 0. The normalized spacial score (nSPS) is 19.0. The summed E-state index contributed by atoms with van der Waals surface area (Å²) in [5, 5.41) is 3.35. The van der Waals surface area contributed by atoms with Crippen molar-refractivity contribution in [1.29, 1.82) is 0 Å². The summed E-state index contributed by atoms with van der Waals surface area (Å²) in [6.45, 7) is 10.7. The maximum atomic E-state index is 5.91. The summed E-state index contributed by atoms with van der Waals surface area (Å²) in [6.07, 6.45) is 4.06. The van der Waals surface area contributed by atoms with Crippen LogP contribution in [0.25, 0.3) is 0 Å². The fourth-order valence-electron chi connectivity index (χ4n) is 3.07. The van der Waals surface area contributed by atoms with Crippen molar-refractivity contribution in [2.24, 2.45) is 5.92 Å². The molecule has 1 aliphatic rings. The van der Waals surface area contributed by atoms with Gasteiger partial charge in [0.05, 0.1) is 0 Å². The molecule has 118 valence electrons. The Morgan fingerprint density at radius 2 is 2.24 bits per heavy atom. The number of hydrogen-bond donors (Lipinski definition) is 1. The maximum absolute atomic E-state index is 5.91. The van der Waals surface area contributed by atoms with Gasteiger partial charge in [0.2, 0.25) is 0 Å². The standard InChI is InChI=1S/C18H30N2O/c1-3-6-16-9-10-20(15-16)11-12-21-18-8-5-7-17(13-18)14-19-4-2/h5,7-8,13,16,19H,3-4,6,9-12,14-15H2,1-2H3. The Morgan fingerprint density at radius 1 is 1.33 bits per heavy atom. The zero-order chi connectivity index (χ0) is 14.9. The second kappa shape index (κ2) is 9.06. The van der Waals surface area contributed by atoms with Gasteiger partial charge in [0.1, 0.15) is 12.4 Å². The monoisotopic (exact) mass is 290 g/mol. The van der Waals surface area contributed by atoms with Crippen molar-refractivity contribution in [2.45, 2.75) is 39.7 Å². The second-order valence-corrected chi connectivity index (χ2v) is 6.02. The first-order valence-corrected chi connectivity index (χ1v) is 8.46. The minimum atomic E-state index is 0.795. The fraction of sp³-hybridized carbons (Fsp3) is 0.667. The van der Waals surface area contributed by atoms with Gasteiger partial charge < -0.3 is 10.1 Å². The first-order valence-electron chi connectivity index (χ1n) is 8.46. The molecule has 1 aromatic rings. The molecule has 1 unspecified atom stereocenters. The average Bonchev–Trinajstić information content (AvgIpc) is 2.94. The summed E-state index contributed by atoms with van der Waals surface area (Å²) in [4.78, 5) is 2.54. The lowest BCUT2D eigenvalue weighted by atomic mass is 10.0. The largest absolute Gasteiger partial charge is 0.492 e. The first-order chi connectivity index (χ1) is 10.3. The maximum Gasteiger partial charge on any atom is 0.119 e. The molecule has 1 heterocycles. The number of benzene rings is 1. The third kappa shape index (κ3) is 5.68. The van der Waals surface area contributed by atoms with Crippen LogP contribution in [0.5, 0.6) is 5.75 Å². The van der Waals surface area contributed by atoms with Gasteiger partial charge in [0, 0.05) is 19.6 Å². The zero-order valence-electron chi connectivity index (χ0n) is 13.6. The van der Waals surface area contributed by atoms with E-state index in [4.69, 9.17) is 4.74 Å². The molecule has 0 bridgehead atoms. The molecule has 0 amide bonds. The molecular formula is C18H30N2O. The Bertz CT molecular complexity index is 408. The molecule has 1 aromatic carbocycles. The predicted molar refractivity (Wildman–Crippen MR) is 88.8 cm³/mol. The van der Waals surface area contributed by atoms with E-state index in [9.17, 15) is 0 Å². The van der Waals surface area contributed by atoms with Gasteiger partial charge in [-0.3, -0.25) is 4.90 Å². The zero-order valence-corrected chi connectivity index (χ0v) is 13.6. The van der Waals surface area contributed by atoms with Crippen LogP contribution in [0.2, 0.25) is 0 Å². The van der Waals surface area contributed by atoms with E-state index in [1.165, 1.54) is 37.9 Å². The van der Waals surface area contributed by atoms with Gasteiger partial charge in [0.15, 0.2) is 0 Å². The molecule has 2 rings (SSSR count). The molecule has 1 saturated heterocycles. The molecule has 1 atom stereocenters. The Kier molecular flexibility index (Phi) is 7.04. The average molecular weight is 290 g/mol. The minimum absolute atomic E-state index is 0.795. The molecule has 0 aliphatic carbocycles. The van der Waals surface area contributed by atoms with Crippen molar-refractivity contribution in [3.8, 4) is 5.75 Å². The summed E-state index contributed by atoms with van der Waals surface area (Å²) >= 11 is 0. The van der Waals surface area contributed by atoms with Crippen LogP contribution in [0.1, 0.15) is 38.7 Å². The van der Waals surface area contributed by atoms with Crippen molar-refractivity contribution in [3.63, 3.8) is 0 Å². The third-order valence-electron chi connectivity index (χ3n) is 4.22. The highest BCUT2D eigenvalue weighted by Crippen LogP contribution is 2.20. The lowest BCUT2D eigenvalue weighted by Gasteiger charge is -2.16. The van der Waals surface area contributed by atoms with Gasteiger partial charge in [-0.2, -0.15) is 0 Å². The van der Waals surface area contributed by atoms with Gasteiger partial charge in [-0.1, -0.05) is 32.4 Å². The van der Waals surface area contributed by atoms with E-state index < -0.39 is 0 Å². The molecule has 21 heavy (non-hydrogen) atoms. The summed E-state index contributed by atoms with van der Waals surface area (Å²) in [5.74, 6) is 1.91. The third-order valence-corrected chi connectivity index (χ3v) is 4.22. The van der Waals surface area contributed by atoms with Gasteiger partial charge in [-0.25, -0.2) is 0 Å². The van der Waals surface area contributed by atoms with Crippen LogP contribution in [0.3, 0.4) is 0 Å². The van der Waals surface area contributed by atoms with Gasteiger partial charge in [0.25, 0.3) is 0 Å². The van der Waals surface area contributed by atoms with Crippen molar-refractivity contribution in [2.75, 3.05) is 32.8 Å². The Hall–Kier alpha value is -1.06. The van der Waals surface area contributed by atoms with E-state index in [1.807, 2.05) is 0 Å². The van der Waals surface area contributed by atoms with Gasteiger partial charge >= 0.3 is 0 Å². The Labute approximate surface area is 129 Å². The SMILES string of the molecule is CCCC1CCN(CCOc2cccc(CNCC)c2)C1. The quantitative estimate of drug-likeness (QED) is 0.755. The van der Waals surface area contributed by atoms with Crippen LogP contribution in [0.15, 0.2) is 24.3 Å². The number of hydrogen-bond acceptors (Lipinski definition) is 3.